The average molecular weight is 351 g/mol. The van der Waals surface area contributed by atoms with E-state index in [-0.39, 0.29) is 12.3 Å². The highest BCUT2D eigenvalue weighted by atomic mass is 79.9. The number of benzene rings is 1. The summed E-state index contributed by atoms with van der Waals surface area (Å²) in [5.41, 5.74) is 1.21. The molecule has 1 heterocycles. The van der Waals surface area contributed by atoms with Gasteiger partial charge in [0.1, 0.15) is 5.69 Å². The van der Waals surface area contributed by atoms with Crippen LogP contribution < -0.4 is 4.90 Å². The number of amides is 1. The van der Waals surface area contributed by atoms with Crippen molar-refractivity contribution in [3.05, 3.63) is 52.8 Å². The minimum atomic E-state index is -0.863. The monoisotopic (exact) mass is 350 g/mol. The normalized spacial score (nSPS) is 10.3. The molecule has 5 nitrogen and oxygen atoms in total. The van der Waals surface area contributed by atoms with Gasteiger partial charge >= 0.3 is 5.97 Å². The maximum absolute atomic E-state index is 12.6. The average Bonchev–Trinajstić information content (AvgIpc) is 2.90. The Balaban J connectivity index is 2.19. The maximum Gasteiger partial charge on any atom is 0.303 e. The molecule has 1 aromatic heterocycles. The third-order valence-electron chi connectivity index (χ3n) is 2.96. The number of nitrogens with one attached hydrogen (secondary N) is 1. The fourth-order valence-corrected chi connectivity index (χ4v) is 2.32. The molecule has 1 aromatic carbocycles. The molecule has 2 aromatic rings. The molecule has 0 atom stereocenters. The molecule has 0 bridgehead atoms. The quantitative estimate of drug-likeness (QED) is 0.839. The fraction of sp³-hybridized carbons (Fsp3) is 0.200. The number of carboxylic acids is 1. The first-order valence-corrected chi connectivity index (χ1v) is 7.30. The standard InChI is InChI=1S/C15H15BrN2O3/c16-11-9-13(17-10-11)15(21)18(8-4-7-14(19)20)12-5-2-1-3-6-12/h1-3,5-6,9-10,17H,4,7-8H2,(H,19,20). The van der Waals surface area contributed by atoms with Crippen LogP contribution in [0.2, 0.25) is 0 Å². The Kier molecular flexibility index (Phi) is 5.16. The molecule has 0 saturated carbocycles. The van der Waals surface area contributed by atoms with Crippen LogP contribution in [-0.4, -0.2) is 28.5 Å². The van der Waals surface area contributed by atoms with Gasteiger partial charge in [-0.25, -0.2) is 0 Å². The Bertz CT molecular complexity index is 625. The number of halogens is 1. The van der Waals surface area contributed by atoms with Crippen molar-refractivity contribution in [3.8, 4) is 0 Å². The molecule has 2 rings (SSSR count). The van der Waals surface area contributed by atoms with Crippen LogP contribution in [0.1, 0.15) is 23.3 Å². The van der Waals surface area contributed by atoms with Crippen LogP contribution in [-0.2, 0) is 4.79 Å². The zero-order valence-corrected chi connectivity index (χ0v) is 12.8. The summed E-state index contributed by atoms with van der Waals surface area (Å²) in [6.07, 6.45) is 2.12. The van der Waals surface area contributed by atoms with Crippen molar-refractivity contribution in [1.29, 1.82) is 0 Å². The number of carboxylic acid groups (broad SMARTS) is 1. The lowest BCUT2D eigenvalue weighted by Crippen LogP contribution is -2.32. The van der Waals surface area contributed by atoms with Crippen LogP contribution in [0.5, 0.6) is 0 Å². The van der Waals surface area contributed by atoms with Gasteiger partial charge in [0, 0.05) is 29.3 Å². The topological polar surface area (TPSA) is 73.4 Å². The van der Waals surface area contributed by atoms with Gasteiger partial charge in [-0.05, 0) is 40.5 Å². The number of rotatable bonds is 6. The summed E-state index contributed by atoms with van der Waals surface area (Å²) in [5.74, 6) is -1.05. The van der Waals surface area contributed by atoms with Gasteiger partial charge in [-0.1, -0.05) is 18.2 Å². The molecule has 0 spiro atoms. The summed E-state index contributed by atoms with van der Waals surface area (Å²) in [6, 6.07) is 10.9. The second-order valence-corrected chi connectivity index (χ2v) is 5.44. The Morgan fingerprint density at radius 2 is 1.95 bits per heavy atom. The number of hydrogen-bond donors (Lipinski definition) is 2. The number of hydrogen-bond acceptors (Lipinski definition) is 2. The Morgan fingerprint density at radius 3 is 2.52 bits per heavy atom. The number of para-hydroxylation sites is 1. The highest BCUT2D eigenvalue weighted by molar-refractivity contribution is 9.10. The number of aromatic nitrogens is 1. The predicted molar refractivity (Wildman–Crippen MR) is 83.5 cm³/mol. The van der Waals surface area contributed by atoms with E-state index in [1.165, 1.54) is 0 Å². The van der Waals surface area contributed by atoms with Crippen molar-refractivity contribution < 1.29 is 14.7 Å². The highest BCUT2D eigenvalue weighted by Gasteiger charge is 2.19. The number of carbonyl (C=O) groups excluding carboxylic acids is 1. The molecule has 2 N–H and O–H groups in total. The number of carbonyl (C=O) groups is 2. The smallest absolute Gasteiger partial charge is 0.303 e. The molecule has 0 aliphatic heterocycles. The molecule has 0 aliphatic carbocycles. The van der Waals surface area contributed by atoms with E-state index in [0.29, 0.717) is 18.7 Å². The molecule has 110 valence electrons. The number of anilines is 1. The van der Waals surface area contributed by atoms with Gasteiger partial charge in [-0.15, -0.1) is 0 Å². The van der Waals surface area contributed by atoms with Crippen molar-refractivity contribution >= 4 is 33.5 Å². The Labute approximate surface area is 130 Å². The van der Waals surface area contributed by atoms with Crippen LogP contribution in [0.3, 0.4) is 0 Å². The van der Waals surface area contributed by atoms with Crippen LogP contribution in [0.25, 0.3) is 0 Å². The van der Waals surface area contributed by atoms with Crippen molar-refractivity contribution in [2.24, 2.45) is 0 Å². The first-order chi connectivity index (χ1) is 10.1. The summed E-state index contributed by atoms with van der Waals surface area (Å²) in [7, 11) is 0. The van der Waals surface area contributed by atoms with Crippen molar-refractivity contribution in [3.63, 3.8) is 0 Å². The molecule has 0 aliphatic rings. The fourth-order valence-electron chi connectivity index (χ4n) is 1.98. The molecule has 6 heteroatoms. The third-order valence-corrected chi connectivity index (χ3v) is 3.42. The number of H-pyrrole nitrogens is 1. The van der Waals surface area contributed by atoms with E-state index in [1.807, 2.05) is 30.3 Å². The zero-order valence-electron chi connectivity index (χ0n) is 11.3. The summed E-state index contributed by atoms with van der Waals surface area (Å²) in [5, 5.41) is 8.74. The van der Waals surface area contributed by atoms with Gasteiger partial charge in [0.05, 0.1) is 0 Å². The summed E-state index contributed by atoms with van der Waals surface area (Å²) in [4.78, 5) is 27.7. The second kappa shape index (κ2) is 7.08. The van der Waals surface area contributed by atoms with E-state index in [9.17, 15) is 9.59 Å². The Hall–Kier alpha value is -2.08. The van der Waals surface area contributed by atoms with E-state index >= 15 is 0 Å². The van der Waals surface area contributed by atoms with E-state index < -0.39 is 5.97 Å². The summed E-state index contributed by atoms with van der Waals surface area (Å²) in [6.45, 7) is 0.353. The SMILES string of the molecule is O=C(O)CCCN(C(=O)c1cc(Br)c[nH]1)c1ccccc1. The zero-order chi connectivity index (χ0) is 15.2. The molecular formula is C15H15BrN2O3. The number of aromatic amines is 1. The molecule has 1 amide bonds. The molecule has 21 heavy (non-hydrogen) atoms. The molecule has 0 fully saturated rings. The van der Waals surface area contributed by atoms with Crippen molar-refractivity contribution in [1.82, 2.24) is 4.98 Å². The predicted octanol–water partition coefficient (Wildman–Crippen LogP) is 3.29. The van der Waals surface area contributed by atoms with Crippen LogP contribution in [0, 0.1) is 0 Å². The Morgan fingerprint density at radius 1 is 1.24 bits per heavy atom. The maximum atomic E-state index is 12.6. The van der Waals surface area contributed by atoms with E-state index in [2.05, 4.69) is 20.9 Å². The highest BCUT2D eigenvalue weighted by Crippen LogP contribution is 2.19. The van der Waals surface area contributed by atoms with Crippen LogP contribution in [0.15, 0.2) is 47.1 Å². The van der Waals surface area contributed by atoms with E-state index in [1.54, 1.807) is 17.2 Å². The summed E-state index contributed by atoms with van der Waals surface area (Å²) < 4.78 is 0.796. The lowest BCUT2D eigenvalue weighted by molar-refractivity contribution is -0.137. The number of aliphatic carboxylic acids is 1. The second-order valence-electron chi connectivity index (χ2n) is 4.52. The first-order valence-electron chi connectivity index (χ1n) is 6.50. The van der Waals surface area contributed by atoms with Gasteiger partial charge in [0.15, 0.2) is 0 Å². The van der Waals surface area contributed by atoms with Crippen LogP contribution >= 0.6 is 15.9 Å². The summed E-state index contributed by atoms with van der Waals surface area (Å²) >= 11 is 3.30. The van der Waals surface area contributed by atoms with Gasteiger partial charge < -0.3 is 15.0 Å². The molecule has 0 saturated heterocycles. The van der Waals surface area contributed by atoms with Gasteiger partial charge in [0.2, 0.25) is 0 Å². The van der Waals surface area contributed by atoms with E-state index in [4.69, 9.17) is 5.11 Å². The number of nitrogens with zero attached hydrogens (tertiary/aromatic N) is 1. The molecular weight excluding hydrogens is 336 g/mol. The lowest BCUT2D eigenvalue weighted by atomic mass is 10.2. The third kappa shape index (κ3) is 4.19. The minimum Gasteiger partial charge on any atom is -0.481 e. The van der Waals surface area contributed by atoms with Crippen LogP contribution in [0.4, 0.5) is 5.69 Å². The van der Waals surface area contributed by atoms with E-state index in [0.717, 1.165) is 10.2 Å². The van der Waals surface area contributed by atoms with Crippen molar-refractivity contribution in [2.75, 3.05) is 11.4 Å². The van der Waals surface area contributed by atoms with Gasteiger partial charge in [-0.3, -0.25) is 9.59 Å². The van der Waals surface area contributed by atoms with Gasteiger partial charge in [0.25, 0.3) is 5.91 Å². The lowest BCUT2D eigenvalue weighted by Gasteiger charge is -2.22. The first kappa shape index (κ1) is 15.3. The molecule has 0 radical (unpaired) electrons. The minimum absolute atomic E-state index is 0.0328. The van der Waals surface area contributed by atoms with Gasteiger partial charge in [-0.2, -0.15) is 0 Å². The van der Waals surface area contributed by atoms with Crippen molar-refractivity contribution in [2.45, 2.75) is 12.8 Å². The largest absolute Gasteiger partial charge is 0.481 e. The molecule has 0 unspecified atom stereocenters.